The van der Waals surface area contributed by atoms with E-state index in [2.05, 4.69) is 26.1 Å². The van der Waals surface area contributed by atoms with Crippen LogP contribution in [0.15, 0.2) is 127 Å². The number of aromatic carboxylic acids is 1. The molecule has 15 N–H and O–H groups in total. The molecule has 0 atom stereocenters. The summed E-state index contributed by atoms with van der Waals surface area (Å²) in [6, 6.07) is 33.7. The third-order valence-electron chi connectivity index (χ3n) is 19.1. The number of nitrogen functional groups attached to an aromatic ring is 3. The number of aryl methyl sites for hydroxylation is 3. The van der Waals surface area contributed by atoms with Crippen LogP contribution in [0.1, 0.15) is 222 Å². The van der Waals surface area contributed by atoms with Crippen molar-refractivity contribution in [3.05, 3.63) is 229 Å². The van der Waals surface area contributed by atoms with Gasteiger partial charge in [0.05, 0.1) is 69.5 Å². The summed E-state index contributed by atoms with van der Waals surface area (Å²) in [6.07, 6.45) is 7.50. The Labute approximate surface area is 594 Å². The fraction of sp³-hybridized carbons (Fsp3) is 0.338. The molecule has 3 aliphatic carbocycles. The van der Waals surface area contributed by atoms with Gasteiger partial charge in [-0.1, -0.05) is 62.0 Å². The van der Waals surface area contributed by atoms with Crippen molar-refractivity contribution >= 4 is 52.4 Å². The molecule has 0 radical (unpaired) electrons. The number of Topliss-reactive ketones (excluding diaryl/α,β-unsaturated/α-hetero) is 1. The van der Waals surface area contributed by atoms with Crippen LogP contribution in [0.3, 0.4) is 0 Å². The molecule has 0 spiro atoms. The van der Waals surface area contributed by atoms with E-state index in [1.165, 1.54) is 52.7 Å². The Balaban J connectivity index is 0.000000179. The second-order valence-corrected chi connectivity index (χ2v) is 26.3. The van der Waals surface area contributed by atoms with Crippen LogP contribution in [0, 0.1) is 38.2 Å². The topological polar surface area (TPSA) is 377 Å². The van der Waals surface area contributed by atoms with Crippen molar-refractivity contribution < 1.29 is 62.4 Å². The normalized spacial score (nSPS) is 17.8. The smallest absolute Gasteiger partial charge is 0.356 e. The number of carbonyl (C=O) groups excluding carboxylic acids is 5. The molecule has 12 rings (SSSR count). The predicted octanol–water partition coefficient (Wildman–Crippen LogP) is 11.2. The van der Waals surface area contributed by atoms with Gasteiger partial charge in [-0.2, -0.15) is 15.3 Å². The van der Waals surface area contributed by atoms with Gasteiger partial charge in [0.1, 0.15) is 23.1 Å². The Kier molecular flexibility index (Phi) is 24.9. The summed E-state index contributed by atoms with van der Waals surface area (Å²) in [5, 5.41) is 61.3. The van der Waals surface area contributed by atoms with E-state index in [4.69, 9.17) is 28.0 Å². The number of halogens is 3. The highest BCUT2D eigenvalue weighted by Crippen LogP contribution is 2.40. The molecule has 0 aliphatic heterocycles. The molecule has 3 aliphatic rings. The van der Waals surface area contributed by atoms with E-state index in [1.807, 2.05) is 24.3 Å². The summed E-state index contributed by atoms with van der Waals surface area (Å²) in [5.41, 5.74) is 34.7. The lowest BCUT2D eigenvalue weighted by Gasteiger charge is -2.24. The number of hydrogen-bond acceptors (Lipinski definition) is 15. The number of hydrogen-bond donors (Lipinski definition) is 11. The number of ketones is 1. The van der Waals surface area contributed by atoms with Crippen molar-refractivity contribution in [3.63, 3.8) is 0 Å². The van der Waals surface area contributed by atoms with Crippen molar-refractivity contribution in [2.75, 3.05) is 17.2 Å². The fourth-order valence-electron chi connectivity index (χ4n) is 13.2. The average molecular weight is 1410 g/mol. The second-order valence-electron chi connectivity index (χ2n) is 26.3. The van der Waals surface area contributed by atoms with Crippen LogP contribution in [0.25, 0.3) is 17.1 Å². The van der Waals surface area contributed by atoms with Gasteiger partial charge in [0.15, 0.2) is 17.2 Å². The Bertz CT molecular complexity index is 4100. The van der Waals surface area contributed by atoms with Gasteiger partial charge in [0.25, 0.3) is 23.6 Å². The van der Waals surface area contributed by atoms with Crippen LogP contribution < -0.4 is 38.9 Å². The average Bonchev–Trinajstić information content (AvgIpc) is 1.65. The first-order chi connectivity index (χ1) is 48.7. The molecule has 103 heavy (non-hydrogen) atoms. The highest BCUT2D eigenvalue weighted by atomic mass is 19.1. The van der Waals surface area contributed by atoms with Crippen LogP contribution in [0.4, 0.5) is 30.2 Å². The maximum absolute atomic E-state index is 13.5. The summed E-state index contributed by atoms with van der Waals surface area (Å²) < 4.78 is 44.8. The number of anilines is 3. The van der Waals surface area contributed by atoms with Gasteiger partial charge in [0, 0.05) is 61.0 Å². The van der Waals surface area contributed by atoms with Gasteiger partial charge in [-0.15, -0.1) is 0 Å². The number of nitrogens with one attached hydrogen (secondary N) is 3. The zero-order valence-corrected chi connectivity index (χ0v) is 57.1. The summed E-state index contributed by atoms with van der Waals surface area (Å²) in [7, 11) is 0. The molecular weight excluding hydrogens is 1320 g/mol. The third kappa shape index (κ3) is 18.2. The van der Waals surface area contributed by atoms with E-state index >= 15 is 0 Å². The first kappa shape index (κ1) is 76.2. The molecule has 3 heterocycles. The zero-order chi connectivity index (χ0) is 73.2. The lowest BCUT2D eigenvalue weighted by atomic mass is 9.85. The molecule has 542 valence electrons. The zero-order valence-electron chi connectivity index (χ0n) is 57.1. The summed E-state index contributed by atoms with van der Waals surface area (Å²) in [5.74, 6) is -4.32. The van der Waals surface area contributed by atoms with Crippen molar-refractivity contribution in [2.45, 2.75) is 168 Å². The molecule has 0 bridgehead atoms. The van der Waals surface area contributed by atoms with Gasteiger partial charge in [0.2, 0.25) is 0 Å². The minimum atomic E-state index is -1.17. The molecule has 0 saturated heterocycles. The summed E-state index contributed by atoms with van der Waals surface area (Å²) in [4.78, 5) is 73.8. The minimum absolute atomic E-state index is 0. The van der Waals surface area contributed by atoms with E-state index in [0.717, 1.165) is 42.4 Å². The number of carboxylic acids is 1. The Morgan fingerprint density at radius 1 is 0.427 bits per heavy atom. The second kappa shape index (κ2) is 33.7. The summed E-state index contributed by atoms with van der Waals surface area (Å²) in [6.45, 7) is 7.45. The lowest BCUT2D eigenvalue weighted by Crippen LogP contribution is -2.23. The number of primary amides is 1. The quantitative estimate of drug-likeness (QED) is 0.0356. The van der Waals surface area contributed by atoms with E-state index in [-0.39, 0.29) is 121 Å². The number of benzene rings is 6. The van der Waals surface area contributed by atoms with Gasteiger partial charge in [-0.05, 0) is 204 Å². The monoisotopic (exact) mass is 1410 g/mol. The van der Waals surface area contributed by atoms with Gasteiger partial charge >= 0.3 is 5.97 Å². The van der Waals surface area contributed by atoms with E-state index in [0.29, 0.717) is 119 Å². The number of aliphatic hydroxyl groups is 3. The van der Waals surface area contributed by atoms with Crippen LogP contribution in [-0.2, 0) is 19.6 Å². The highest BCUT2D eigenvalue weighted by Gasteiger charge is 2.33. The number of nitrogens with two attached hydrogens (primary N) is 4. The largest absolute Gasteiger partial charge is 0.476 e. The molecule has 3 aromatic heterocycles. The van der Waals surface area contributed by atoms with Crippen LogP contribution in [0.5, 0.6) is 0 Å². The standard InChI is InChI=1S/C26H29FN4O3.C25H28FN5O3.C25H27FN4O4.CH4/c1-15-3-8-19(27)13-22(15)26(34)29-14-17-4-9-20(10-5-17)31-25(16(2)32)23(28)24(30-31)18-6-11-21(33)12-7-18;1-14-2-7-17(26)12-20(14)25(34)29-13-15-3-8-18(9-4-15)31-23(24(28)33)21(27)22(30-31)16-5-10-19(32)11-6-16;1-14-2-7-17(26)12-20(14)24(32)28-13-15-3-8-18(9-4-15)30-23(25(33)34)21(27)22(29-30)16-5-10-19(31)11-6-16;/h3-5,8-10,13,18,21,33H,6-7,11-12,14,28H2,1-2H3,(H,29,34);2-4,7-9,12,16,19,32H,5-6,10-11,13,27H2,1H3,(H2,28,33)(H,29,34);2-4,7-9,12,16,19,31H,5-6,10-11,13,27H2,1H3,(H,28,32)(H,33,34);1H4. The SMILES string of the molecule is C.CC(=O)c1c(N)c(C2CCC(O)CC2)nn1-c1ccc(CNC(=O)c2cc(F)ccc2C)cc1.Cc1ccc(F)cc1C(=O)NCc1ccc(-n2nc(C3CCC(O)CC3)c(N)c2C(=O)O)cc1.Cc1ccc(F)cc1C(=O)NCc1ccc(-n2nc(C3CCC(O)CC3)c(N)c2C(N)=O)cc1. The number of carbonyl (C=O) groups is 6. The van der Waals surface area contributed by atoms with Crippen molar-refractivity contribution in [3.8, 4) is 17.1 Å². The fourth-order valence-corrected chi connectivity index (χ4v) is 13.2. The van der Waals surface area contributed by atoms with E-state index in [9.17, 15) is 62.4 Å². The molecule has 26 heteroatoms. The Hall–Kier alpha value is -11.0. The van der Waals surface area contributed by atoms with Crippen molar-refractivity contribution in [2.24, 2.45) is 5.73 Å². The van der Waals surface area contributed by atoms with Gasteiger partial charge in [-0.25, -0.2) is 32.0 Å². The number of nitrogens with zero attached hydrogens (tertiary/aromatic N) is 6. The maximum atomic E-state index is 13.5. The lowest BCUT2D eigenvalue weighted by molar-refractivity contribution is 0.0686. The molecule has 3 saturated carbocycles. The van der Waals surface area contributed by atoms with E-state index < -0.39 is 29.3 Å². The number of rotatable bonds is 18. The molecule has 4 amide bonds. The first-order valence-electron chi connectivity index (χ1n) is 33.9. The van der Waals surface area contributed by atoms with Gasteiger partial charge < -0.3 is 59.3 Å². The Morgan fingerprint density at radius 3 is 0.961 bits per heavy atom. The highest BCUT2D eigenvalue weighted by molar-refractivity contribution is 6.00. The number of aliphatic hydroxyl groups excluding tert-OH is 3. The molecule has 0 unspecified atom stereocenters. The Morgan fingerprint density at radius 2 is 0.689 bits per heavy atom. The minimum Gasteiger partial charge on any atom is -0.476 e. The third-order valence-corrected chi connectivity index (χ3v) is 19.1. The van der Waals surface area contributed by atoms with E-state index in [1.54, 1.807) is 92.2 Å². The number of aromatic nitrogens is 6. The predicted molar refractivity (Wildman–Crippen MR) is 385 cm³/mol. The maximum Gasteiger partial charge on any atom is 0.356 e. The molecular formula is C77H88F3N13O10. The number of amides is 4. The first-order valence-corrected chi connectivity index (χ1v) is 33.9. The molecule has 23 nitrogen and oxygen atoms in total. The van der Waals surface area contributed by atoms with Crippen LogP contribution in [0.2, 0.25) is 0 Å². The van der Waals surface area contributed by atoms with Crippen LogP contribution >= 0.6 is 0 Å². The molecule has 6 aromatic carbocycles. The molecule has 9 aromatic rings. The van der Waals surface area contributed by atoms with Gasteiger partial charge in [-0.3, -0.25) is 24.0 Å². The van der Waals surface area contributed by atoms with Crippen molar-refractivity contribution in [1.29, 1.82) is 0 Å². The van der Waals surface area contributed by atoms with Crippen LogP contribution in [-0.4, -0.2) is 103 Å². The van der Waals surface area contributed by atoms with Crippen molar-refractivity contribution in [1.82, 2.24) is 45.3 Å². The number of carboxylic acid groups (broad SMARTS) is 1. The molecule has 3 fully saturated rings. The summed E-state index contributed by atoms with van der Waals surface area (Å²) >= 11 is 0.